The van der Waals surface area contributed by atoms with Crippen molar-refractivity contribution in [2.45, 2.75) is 62.1 Å². The first kappa shape index (κ1) is 25.4. The molecule has 34 heavy (non-hydrogen) atoms. The van der Waals surface area contributed by atoms with Gasteiger partial charge in [-0.2, -0.15) is 0 Å². The number of halogens is 2. The summed E-state index contributed by atoms with van der Waals surface area (Å²) in [6.45, 7) is 4.16. The van der Waals surface area contributed by atoms with E-state index >= 15 is 0 Å². The molecule has 3 aliphatic rings. The molecule has 1 spiro atoms. The van der Waals surface area contributed by atoms with Crippen molar-refractivity contribution in [3.63, 3.8) is 0 Å². The second kappa shape index (κ2) is 10.1. The largest absolute Gasteiger partial charge is 0.466 e. The molecule has 0 aromatic heterocycles. The van der Waals surface area contributed by atoms with Crippen molar-refractivity contribution in [2.75, 3.05) is 25.1 Å². The molecule has 0 radical (unpaired) electrons. The molecule has 2 bridgehead atoms. The van der Waals surface area contributed by atoms with Crippen LogP contribution in [0.2, 0.25) is 5.02 Å². The van der Waals surface area contributed by atoms with E-state index < -0.39 is 35.6 Å². The van der Waals surface area contributed by atoms with Gasteiger partial charge in [-0.25, -0.2) is 0 Å². The molecule has 2 amide bonds. The third-order valence-corrected chi connectivity index (χ3v) is 8.28. The molecule has 186 valence electrons. The Balaban J connectivity index is 1.70. The molecule has 3 aliphatic heterocycles. The van der Waals surface area contributed by atoms with Gasteiger partial charge in [0.2, 0.25) is 11.8 Å². The van der Waals surface area contributed by atoms with Gasteiger partial charge in [-0.15, -0.1) is 0 Å². The number of carbonyl (C=O) groups is 3. The van der Waals surface area contributed by atoms with Crippen molar-refractivity contribution >= 4 is 51.0 Å². The Bertz CT molecular complexity index is 957. The van der Waals surface area contributed by atoms with Crippen LogP contribution in [0, 0.1) is 18.8 Å². The van der Waals surface area contributed by atoms with Crippen LogP contribution in [0.5, 0.6) is 0 Å². The number of carbonyl (C=O) groups excluding carboxylic acids is 3. The molecule has 0 aliphatic carbocycles. The molecule has 1 aromatic rings. The van der Waals surface area contributed by atoms with Crippen molar-refractivity contribution < 1.29 is 29.0 Å². The molecule has 2 N–H and O–H groups in total. The highest BCUT2D eigenvalue weighted by Gasteiger charge is 2.76. The summed E-state index contributed by atoms with van der Waals surface area (Å²) in [5.74, 6) is -2.68. The number of hydrogen-bond donors (Lipinski definition) is 2. The fourth-order valence-electron chi connectivity index (χ4n) is 5.73. The summed E-state index contributed by atoms with van der Waals surface area (Å²) >= 11 is 9.98. The van der Waals surface area contributed by atoms with E-state index in [1.54, 1.807) is 24.0 Å². The predicted molar refractivity (Wildman–Crippen MR) is 130 cm³/mol. The number of alkyl halides is 1. The minimum absolute atomic E-state index is 0.0667. The number of aliphatic hydroxyl groups is 1. The van der Waals surface area contributed by atoms with E-state index in [2.05, 4.69) is 21.2 Å². The molecule has 8 nitrogen and oxygen atoms in total. The summed E-state index contributed by atoms with van der Waals surface area (Å²) in [5.41, 5.74) is 0.156. The van der Waals surface area contributed by atoms with E-state index in [9.17, 15) is 14.4 Å². The van der Waals surface area contributed by atoms with E-state index in [-0.39, 0.29) is 29.9 Å². The first-order valence-electron chi connectivity index (χ1n) is 11.7. The van der Waals surface area contributed by atoms with Crippen LogP contribution in [0.25, 0.3) is 0 Å². The number of para-hydroxylation sites is 1. The highest BCUT2D eigenvalue weighted by atomic mass is 79.9. The minimum Gasteiger partial charge on any atom is -0.466 e. The van der Waals surface area contributed by atoms with E-state index in [0.717, 1.165) is 5.56 Å². The number of nitrogens with zero attached hydrogens (tertiary/aromatic N) is 1. The van der Waals surface area contributed by atoms with Crippen molar-refractivity contribution in [2.24, 2.45) is 11.8 Å². The van der Waals surface area contributed by atoms with E-state index in [1.165, 1.54) is 0 Å². The molecule has 3 saturated heterocycles. The average molecular weight is 558 g/mol. The Labute approximate surface area is 212 Å². The number of rotatable bonds is 9. The number of benzene rings is 1. The van der Waals surface area contributed by atoms with Crippen LogP contribution in [-0.4, -0.2) is 70.1 Å². The summed E-state index contributed by atoms with van der Waals surface area (Å²) in [7, 11) is 0. The molecule has 1 aromatic carbocycles. The number of ether oxygens (including phenoxy) is 2. The van der Waals surface area contributed by atoms with Gasteiger partial charge in [0.1, 0.15) is 11.6 Å². The second-order valence-electron chi connectivity index (χ2n) is 9.15. The minimum atomic E-state index is -1.14. The van der Waals surface area contributed by atoms with Gasteiger partial charge in [0.15, 0.2) is 0 Å². The van der Waals surface area contributed by atoms with Gasteiger partial charge in [-0.05, 0) is 51.2 Å². The maximum Gasteiger partial charge on any atom is 0.312 e. The molecule has 4 rings (SSSR count). The number of unbranched alkanes of at least 4 members (excludes halogenated alkanes) is 2. The van der Waals surface area contributed by atoms with Crippen LogP contribution < -0.4 is 5.32 Å². The number of anilines is 1. The van der Waals surface area contributed by atoms with E-state index in [0.29, 0.717) is 42.9 Å². The maximum absolute atomic E-state index is 13.8. The fraction of sp³-hybridized carbons (Fsp3) is 0.625. The van der Waals surface area contributed by atoms with Crippen LogP contribution in [0.4, 0.5) is 5.69 Å². The number of nitrogens with one attached hydrogen (secondary N) is 1. The van der Waals surface area contributed by atoms with E-state index in [4.69, 9.17) is 26.2 Å². The first-order valence-corrected chi connectivity index (χ1v) is 13.0. The smallest absolute Gasteiger partial charge is 0.312 e. The van der Waals surface area contributed by atoms with Gasteiger partial charge in [-0.3, -0.25) is 14.4 Å². The monoisotopic (exact) mass is 556 g/mol. The zero-order valence-corrected chi connectivity index (χ0v) is 21.6. The molecule has 3 fully saturated rings. The Morgan fingerprint density at radius 2 is 2.12 bits per heavy atom. The van der Waals surface area contributed by atoms with Crippen LogP contribution in [0.15, 0.2) is 18.2 Å². The lowest BCUT2D eigenvalue weighted by Crippen LogP contribution is -2.54. The van der Waals surface area contributed by atoms with Crippen LogP contribution >= 0.6 is 27.5 Å². The normalized spacial score (nSPS) is 31.6. The molecular formula is C24H30BrClN2O6. The van der Waals surface area contributed by atoms with Crippen molar-refractivity contribution in [1.82, 2.24) is 4.90 Å². The van der Waals surface area contributed by atoms with Crippen molar-refractivity contribution in [3.05, 3.63) is 28.8 Å². The summed E-state index contributed by atoms with van der Waals surface area (Å²) in [5, 5.41) is 12.5. The average Bonchev–Trinajstić information content (AvgIpc) is 3.37. The van der Waals surface area contributed by atoms with Gasteiger partial charge in [0.05, 0.1) is 35.3 Å². The third kappa shape index (κ3) is 4.14. The fourth-order valence-corrected chi connectivity index (χ4v) is 6.94. The standard InChI is InChI=1S/C24H30BrClN2O6/c1-3-33-23(32)16-17-22(31)28(10-5-4-6-11-29)20(24(17)12-14(25)19(16)34-24)21(30)27-18-13(2)8-7-9-15(18)26/h7-9,14,16-17,19-20,29H,3-6,10-12H2,1-2H3,(H,27,30)/t14?,16-,17+,19-,20?,24?/m1/s1. The number of amides is 2. The zero-order valence-electron chi connectivity index (χ0n) is 19.3. The van der Waals surface area contributed by atoms with Gasteiger partial charge >= 0.3 is 5.97 Å². The predicted octanol–water partition coefficient (Wildman–Crippen LogP) is 3.06. The Morgan fingerprint density at radius 3 is 2.79 bits per heavy atom. The van der Waals surface area contributed by atoms with Gasteiger partial charge in [-0.1, -0.05) is 39.7 Å². The summed E-state index contributed by atoms with van der Waals surface area (Å²) in [6, 6.07) is 4.42. The second-order valence-corrected chi connectivity index (χ2v) is 10.7. The maximum atomic E-state index is 13.8. The number of fused-ring (bicyclic) bond motifs is 1. The summed E-state index contributed by atoms with van der Waals surface area (Å²) in [6.07, 6.45) is 1.83. The van der Waals surface area contributed by atoms with Crippen LogP contribution in [-0.2, 0) is 23.9 Å². The molecule has 6 atom stereocenters. The van der Waals surface area contributed by atoms with Gasteiger partial charge < -0.3 is 24.8 Å². The van der Waals surface area contributed by atoms with Gasteiger partial charge in [0, 0.05) is 18.0 Å². The van der Waals surface area contributed by atoms with Crippen molar-refractivity contribution in [1.29, 1.82) is 0 Å². The Kier molecular flexibility index (Phi) is 7.57. The molecular weight excluding hydrogens is 528 g/mol. The number of likely N-dealkylation sites (tertiary alicyclic amines) is 1. The Morgan fingerprint density at radius 1 is 1.35 bits per heavy atom. The lowest BCUT2D eigenvalue weighted by Gasteiger charge is -2.34. The topological polar surface area (TPSA) is 105 Å². The van der Waals surface area contributed by atoms with Crippen molar-refractivity contribution in [3.8, 4) is 0 Å². The summed E-state index contributed by atoms with van der Waals surface area (Å²) < 4.78 is 11.7. The number of esters is 1. The van der Waals surface area contributed by atoms with Crippen LogP contribution in [0.1, 0.15) is 38.2 Å². The summed E-state index contributed by atoms with van der Waals surface area (Å²) in [4.78, 5) is 41.8. The highest BCUT2D eigenvalue weighted by molar-refractivity contribution is 9.09. The SMILES string of the molecule is CCOC(=O)[C@H]1[C@@H]2OC3(CC2Br)C(C(=O)Nc2c(C)cccc2Cl)N(CCCCCO)C(=O)[C@H]13. The molecule has 10 heteroatoms. The van der Waals surface area contributed by atoms with Crippen LogP contribution in [0.3, 0.4) is 0 Å². The molecule has 3 unspecified atom stereocenters. The van der Waals surface area contributed by atoms with Gasteiger partial charge in [0.25, 0.3) is 0 Å². The number of hydrogen-bond acceptors (Lipinski definition) is 6. The lowest BCUT2D eigenvalue weighted by atomic mass is 9.70. The number of aliphatic hydroxyl groups excluding tert-OH is 1. The molecule has 3 heterocycles. The first-order chi connectivity index (χ1) is 16.3. The lowest BCUT2D eigenvalue weighted by molar-refractivity contribution is -0.154. The highest BCUT2D eigenvalue weighted by Crippen LogP contribution is 2.60. The quantitative estimate of drug-likeness (QED) is 0.275. The number of aryl methyl sites for hydroxylation is 1. The van der Waals surface area contributed by atoms with E-state index in [1.807, 2.05) is 13.0 Å². The zero-order chi connectivity index (χ0) is 24.6. The third-order valence-electron chi connectivity index (χ3n) is 7.12. The Hall–Kier alpha value is -1.68. The molecule has 0 saturated carbocycles.